The van der Waals surface area contributed by atoms with Gasteiger partial charge in [-0.2, -0.15) is 0 Å². The molecule has 9 heteroatoms. The lowest BCUT2D eigenvalue weighted by molar-refractivity contribution is 0.101. The van der Waals surface area contributed by atoms with Gasteiger partial charge in [-0.05, 0) is 68.4 Å². The van der Waals surface area contributed by atoms with Gasteiger partial charge in [-0.25, -0.2) is 14.4 Å². The molecule has 3 aromatic carbocycles. The summed E-state index contributed by atoms with van der Waals surface area (Å²) in [6.07, 6.45) is 0. The molecule has 0 aliphatic carbocycles. The van der Waals surface area contributed by atoms with Gasteiger partial charge >= 0.3 is 0 Å². The SMILES string of the molecule is COc1ccc(NC(=O)c2ccc3nc(C)c(C)nc3c2)cc1NC(=O)c1ccc(Cl)cc1F. The lowest BCUT2D eigenvalue weighted by Crippen LogP contribution is -2.16. The molecule has 172 valence electrons. The first-order valence-electron chi connectivity index (χ1n) is 10.3. The number of rotatable bonds is 5. The third kappa shape index (κ3) is 4.82. The van der Waals surface area contributed by atoms with E-state index in [0.29, 0.717) is 28.0 Å². The molecule has 0 radical (unpaired) electrons. The van der Waals surface area contributed by atoms with Crippen molar-refractivity contribution in [2.45, 2.75) is 13.8 Å². The van der Waals surface area contributed by atoms with Gasteiger partial charge in [0.25, 0.3) is 11.8 Å². The molecule has 2 amide bonds. The zero-order valence-electron chi connectivity index (χ0n) is 18.6. The molecule has 1 aromatic heterocycles. The van der Waals surface area contributed by atoms with Crippen molar-refractivity contribution in [3.8, 4) is 5.75 Å². The predicted octanol–water partition coefficient (Wildman–Crippen LogP) is 5.55. The van der Waals surface area contributed by atoms with Crippen LogP contribution in [0.5, 0.6) is 5.75 Å². The van der Waals surface area contributed by atoms with Crippen LogP contribution in [-0.4, -0.2) is 28.9 Å². The minimum Gasteiger partial charge on any atom is -0.495 e. The Balaban J connectivity index is 1.57. The first-order chi connectivity index (χ1) is 16.2. The molecule has 4 rings (SSSR count). The number of carbonyl (C=O) groups is 2. The Bertz CT molecular complexity index is 1440. The second kappa shape index (κ2) is 9.44. The van der Waals surface area contributed by atoms with Gasteiger partial charge in [-0.1, -0.05) is 11.6 Å². The Morgan fingerprint density at radius 1 is 0.882 bits per heavy atom. The highest BCUT2D eigenvalue weighted by molar-refractivity contribution is 6.30. The number of hydrogen-bond donors (Lipinski definition) is 2. The highest BCUT2D eigenvalue weighted by Gasteiger charge is 2.16. The van der Waals surface area contributed by atoms with Crippen LogP contribution in [0.25, 0.3) is 11.0 Å². The number of amides is 2. The van der Waals surface area contributed by atoms with Gasteiger partial charge in [-0.3, -0.25) is 9.59 Å². The van der Waals surface area contributed by atoms with E-state index in [-0.39, 0.29) is 22.2 Å². The van der Waals surface area contributed by atoms with Crippen molar-refractivity contribution < 1.29 is 18.7 Å². The minimum atomic E-state index is -0.752. The fraction of sp³-hybridized carbons (Fsp3) is 0.120. The quantitative estimate of drug-likeness (QED) is 0.392. The molecule has 1 heterocycles. The molecular weight excluding hydrogens is 459 g/mol. The third-order valence-corrected chi connectivity index (χ3v) is 5.45. The number of ether oxygens (including phenoxy) is 1. The van der Waals surface area contributed by atoms with E-state index >= 15 is 0 Å². The van der Waals surface area contributed by atoms with Gasteiger partial charge in [0, 0.05) is 16.3 Å². The van der Waals surface area contributed by atoms with E-state index in [1.807, 2.05) is 13.8 Å². The molecule has 7 nitrogen and oxygen atoms in total. The first-order valence-corrected chi connectivity index (χ1v) is 10.6. The van der Waals surface area contributed by atoms with Crippen LogP contribution < -0.4 is 15.4 Å². The number of nitrogens with zero attached hydrogens (tertiary/aromatic N) is 2. The van der Waals surface area contributed by atoms with Crippen LogP contribution in [0.2, 0.25) is 5.02 Å². The second-order valence-electron chi connectivity index (χ2n) is 7.55. The molecule has 34 heavy (non-hydrogen) atoms. The highest BCUT2D eigenvalue weighted by atomic mass is 35.5. The predicted molar refractivity (Wildman–Crippen MR) is 129 cm³/mol. The van der Waals surface area contributed by atoms with Gasteiger partial charge in [0.05, 0.1) is 40.8 Å². The molecular formula is C25H20ClFN4O3. The van der Waals surface area contributed by atoms with Gasteiger partial charge in [-0.15, -0.1) is 0 Å². The number of halogens is 2. The summed E-state index contributed by atoms with van der Waals surface area (Å²) in [5, 5.41) is 5.58. The number of methoxy groups -OCH3 is 1. The summed E-state index contributed by atoms with van der Waals surface area (Å²) in [4.78, 5) is 34.4. The van der Waals surface area contributed by atoms with Gasteiger partial charge in [0.15, 0.2) is 0 Å². The standard InChI is InChI=1S/C25H20ClFN4O3/c1-13-14(2)29-21-10-15(4-8-20(21)28-13)24(32)30-17-6-9-23(34-3)22(12-17)31-25(33)18-7-5-16(26)11-19(18)27/h4-12H,1-3H3,(H,30,32)(H,31,33). The Hall–Kier alpha value is -4.04. The number of benzene rings is 3. The zero-order valence-corrected chi connectivity index (χ0v) is 19.3. The van der Waals surface area contributed by atoms with Crippen molar-refractivity contribution in [3.05, 3.63) is 88.0 Å². The summed E-state index contributed by atoms with van der Waals surface area (Å²) in [7, 11) is 1.44. The second-order valence-corrected chi connectivity index (χ2v) is 7.98. The minimum absolute atomic E-state index is 0.177. The molecule has 4 aromatic rings. The molecule has 0 saturated heterocycles. The number of anilines is 2. The van der Waals surface area contributed by atoms with E-state index in [2.05, 4.69) is 20.6 Å². The van der Waals surface area contributed by atoms with Crippen LogP contribution in [-0.2, 0) is 0 Å². The summed E-state index contributed by atoms with van der Waals surface area (Å²) in [5.41, 5.74) is 3.82. The fourth-order valence-electron chi connectivity index (χ4n) is 3.32. The molecule has 0 unspecified atom stereocenters. The zero-order chi connectivity index (χ0) is 24.4. The van der Waals surface area contributed by atoms with E-state index in [1.54, 1.807) is 30.3 Å². The van der Waals surface area contributed by atoms with Crippen molar-refractivity contribution in [1.29, 1.82) is 0 Å². The molecule has 0 spiro atoms. The third-order valence-electron chi connectivity index (χ3n) is 5.22. The summed E-state index contributed by atoms with van der Waals surface area (Å²) in [6.45, 7) is 3.74. The van der Waals surface area contributed by atoms with E-state index < -0.39 is 11.7 Å². The summed E-state index contributed by atoms with van der Waals surface area (Å²) < 4.78 is 19.4. The van der Waals surface area contributed by atoms with E-state index in [4.69, 9.17) is 16.3 Å². The molecule has 0 aliphatic rings. The van der Waals surface area contributed by atoms with Gasteiger partial charge in [0.2, 0.25) is 0 Å². The van der Waals surface area contributed by atoms with Crippen molar-refractivity contribution in [3.63, 3.8) is 0 Å². The Kier molecular flexibility index (Phi) is 6.43. The molecule has 0 bridgehead atoms. The number of nitrogens with one attached hydrogen (secondary N) is 2. The maximum absolute atomic E-state index is 14.1. The Labute approximate surface area is 199 Å². The summed E-state index contributed by atoms with van der Waals surface area (Å²) in [5.74, 6) is -1.46. The Morgan fingerprint density at radius 3 is 2.32 bits per heavy atom. The highest BCUT2D eigenvalue weighted by Crippen LogP contribution is 2.29. The van der Waals surface area contributed by atoms with Crippen LogP contribution in [0, 0.1) is 19.7 Å². The smallest absolute Gasteiger partial charge is 0.258 e. The van der Waals surface area contributed by atoms with Gasteiger partial charge < -0.3 is 15.4 Å². The molecule has 0 atom stereocenters. The van der Waals surface area contributed by atoms with Crippen molar-refractivity contribution >= 4 is 45.8 Å². The van der Waals surface area contributed by atoms with Crippen LogP contribution in [0.1, 0.15) is 32.1 Å². The molecule has 0 saturated carbocycles. The largest absolute Gasteiger partial charge is 0.495 e. The topological polar surface area (TPSA) is 93.2 Å². The molecule has 2 N–H and O–H groups in total. The van der Waals surface area contributed by atoms with Crippen molar-refractivity contribution in [1.82, 2.24) is 9.97 Å². The Morgan fingerprint density at radius 2 is 1.62 bits per heavy atom. The van der Waals surface area contributed by atoms with Crippen LogP contribution in [0.4, 0.5) is 15.8 Å². The summed E-state index contributed by atoms with van der Waals surface area (Å²) in [6, 6.07) is 13.6. The van der Waals surface area contributed by atoms with Crippen molar-refractivity contribution in [2.24, 2.45) is 0 Å². The van der Waals surface area contributed by atoms with E-state index in [9.17, 15) is 14.0 Å². The van der Waals surface area contributed by atoms with Crippen molar-refractivity contribution in [2.75, 3.05) is 17.7 Å². The van der Waals surface area contributed by atoms with Crippen LogP contribution >= 0.6 is 11.6 Å². The maximum Gasteiger partial charge on any atom is 0.258 e. The monoisotopic (exact) mass is 478 g/mol. The number of carbonyl (C=O) groups excluding carboxylic acids is 2. The van der Waals surface area contributed by atoms with E-state index in [1.165, 1.54) is 25.3 Å². The number of aromatic nitrogens is 2. The molecule has 0 fully saturated rings. The van der Waals surface area contributed by atoms with Crippen LogP contribution in [0.3, 0.4) is 0 Å². The first kappa shape index (κ1) is 23.1. The fourth-order valence-corrected chi connectivity index (χ4v) is 3.48. The summed E-state index contributed by atoms with van der Waals surface area (Å²) >= 11 is 5.76. The number of aryl methyl sites for hydroxylation is 2. The average Bonchev–Trinajstić information content (AvgIpc) is 2.79. The number of fused-ring (bicyclic) bond motifs is 1. The lowest BCUT2D eigenvalue weighted by Gasteiger charge is -2.13. The lowest BCUT2D eigenvalue weighted by atomic mass is 10.1. The normalized spacial score (nSPS) is 10.7. The maximum atomic E-state index is 14.1. The number of hydrogen-bond acceptors (Lipinski definition) is 5. The van der Waals surface area contributed by atoms with Crippen LogP contribution in [0.15, 0.2) is 54.6 Å². The van der Waals surface area contributed by atoms with Gasteiger partial charge in [0.1, 0.15) is 11.6 Å². The van der Waals surface area contributed by atoms with E-state index in [0.717, 1.165) is 17.5 Å². The molecule has 0 aliphatic heterocycles. The average molecular weight is 479 g/mol.